The first-order valence-electron chi connectivity index (χ1n) is 1.30. The predicted molar refractivity (Wildman–Crippen MR) is 19.4 cm³/mol. The smallest absolute Gasteiger partial charge is 0.283 e. The summed E-state index contributed by atoms with van der Waals surface area (Å²) in [5.74, 6) is 0. The first-order chi connectivity index (χ1) is 2.50. The minimum absolute atomic E-state index is 1.46. The molecule has 0 aromatic heterocycles. The Bertz CT molecular complexity index is 16.5. The van der Waals surface area contributed by atoms with Crippen molar-refractivity contribution >= 4 is 21.8 Å². The molecule has 0 aromatic carbocycles. The molecule has 0 aliphatic carbocycles. The molecule has 1 saturated heterocycles. The molecule has 1 aliphatic rings. The van der Waals surface area contributed by atoms with Gasteiger partial charge in [-0.05, 0) is 0 Å². The van der Waals surface area contributed by atoms with Crippen molar-refractivity contribution < 1.29 is 9.61 Å². The fourth-order valence-electron chi connectivity index (χ4n) is 0.160. The molecule has 1 aliphatic heterocycles. The zero-order valence-corrected chi connectivity index (χ0v) is 2.55. The van der Waals surface area contributed by atoms with Crippen LogP contribution in [-0.4, -0.2) is 21.8 Å². The summed E-state index contributed by atoms with van der Waals surface area (Å²) in [6.45, 7) is 0. The van der Waals surface area contributed by atoms with Crippen molar-refractivity contribution in [3.8, 4) is 0 Å². The van der Waals surface area contributed by atoms with Crippen molar-refractivity contribution in [3.05, 3.63) is 0 Å². The van der Waals surface area contributed by atoms with Crippen LogP contribution in [0.15, 0.2) is 0 Å². The third kappa shape index (κ3) is 0.703. The van der Waals surface area contributed by atoms with E-state index in [9.17, 15) is 0 Å². The zero-order chi connectivity index (χ0) is 3.54. The van der Waals surface area contributed by atoms with Crippen LogP contribution in [0.2, 0.25) is 0 Å². The van der Waals surface area contributed by atoms with Gasteiger partial charge in [0.25, 0.3) is 14.7 Å². The van der Waals surface area contributed by atoms with Gasteiger partial charge in [-0.3, -0.25) is 0 Å². The summed E-state index contributed by atoms with van der Waals surface area (Å²) in [6, 6.07) is 0. The van der Waals surface area contributed by atoms with E-state index < -0.39 is 0 Å². The van der Waals surface area contributed by atoms with E-state index in [1.54, 1.807) is 7.06 Å². The molecule has 1 fully saturated rings. The lowest BCUT2D eigenvalue weighted by atomic mass is 9.33. The minimum atomic E-state index is 1.46. The molecule has 1 heterocycles. The van der Waals surface area contributed by atoms with Gasteiger partial charge in [0.1, 0.15) is 7.06 Å². The van der Waals surface area contributed by atoms with Crippen molar-refractivity contribution in [2.24, 2.45) is 0 Å². The summed E-state index contributed by atoms with van der Waals surface area (Å²) in [5.41, 5.74) is 0. The van der Waals surface area contributed by atoms with E-state index >= 15 is 0 Å². The van der Waals surface area contributed by atoms with Gasteiger partial charge in [-0.15, -0.1) is 0 Å². The molecule has 21 valence electrons. The van der Waals surface area contributed by atoms with Crippen molar-refractivity contribution in [3.63, 3.8) is 0 Å². The fourth-order valence-corrected chi connectivity index (χ4v) is 0.160. The first kappa shape index (κ1) is 3.31. The SMILES string of the molecule is [B]1[B]OO[B]1. The largest absolute Gasteiger partial charge is 0.340 e. The van der Waals surface area contributed by atoms with E-state index in [4.69, 9.17) is 0 Å². The fraction of sp³-hybridized carbons (Fsp3) is 0. The molecule has 2 nitrogen and oxygen atoms in total. The molecule has 5 heavy (non-hydrogen) atoms. The molecule has 0 saturated carbocycles. The molecule has 3 radical (unpaired) electrons. The maximum atomic E-state index is 4.21. The highest BCUT2D eigenvalue weighted by Gasteiger charge is 2.04. The van der Waals surface area contributed by atoms with Crippen molar-refractivity contribution in [1.29, 1.82) is 0 Å². The summed E-state index contributed by atoms with van der Waals surface area (Å²) in [5, 5.41) is 0. The van der Waals surface area contributed by atoms with E-state index in [-0.39, 0.29) is 0 Å². The Balaban J connectivity index is 2.08. The van der Waals surface area contributed by atoms with Crippen molar-refractivity contribution in [1.82, 2.24) is 0 Å². The second kappa shape index (κ2) is 1.53. The van der Waals surface area contributed by atoms with Gasteiger partial charge in [-0.1, -0.05) is 0 Å². The number of hydrogen-bond donors (Lipinski definition) is 0. The Morgan fingerprint density at radius 3 is 1.80 bits per heavy atom. The second-order valence-corrected chi connectivity index (χ2v) is 0.657. The average molecular weight is 64.4 g/mol. The normalized spacial score (nSPS) is 19.2. The molecule has 0 spiro atoms. The molecule has 0 bridgehead atoms. The summed E-state index contributed by atoms with van der Waals surface area (Å²) < 4.78 is 0. The van der Waals surface area contributed by atoms with Crippen LogP contribution in [0.1, 0.15) is 0 Å². The lowest BCUT2D eigenvalue weighted by Crippen LogP contribution is -1.98. The van der Waals surface area contributed by atoms with Gasteiger partial charge in [-0.25, -0.2) is 0 Å². The van der Waals surface area contributed by atoms with Crippen LogP contribution >= 0.6 is 0 Å². The van der Waals surface area contributed by atoms with Gasteiger partial charge in [0.05, 0.1) is 0 Å². The highest BCUT2D eigenvalue weighted by molar-refractivity contribution is 7.27. The highest BCUT2D eigenvalue weighted by atomic mass is 17.2. The van der Waals surface area contributed by atoms with Crippen LogP contribution in [-0.2, 0) is 9.61 Å². The molecular formula is B3O2. The van der Waals surface area contributed by atoms with Gasteiger partial charge in [-0.2, -0.15) is 0 Å². The van der Waals surface area contributed by atoms with Gasteiger partial charge >= 0.3 is 0 Å². The Hall–Kier alpha value is 0.115. The molecule has 1 rings (SSSR count). The van der Waals surface area contributed by atoms with E-state index in [1.807, 2.05) is 0 Å². The maximum Gasteiger partial charge on any atom is 0.283 e. The molecule has 0 aromatic rings. The Morgan fingerprint density at radius 1 is 1.00 bits per heavy atom. The summed E-state index contributed by atoms with van der Waals surface area (Å²) in [4.78, 5) is 8.42. The van der Waals surface area contributed by atoms with Gasteiger partial charge < -0.3 is 9.61 Å². The Kier molecular flexibility index (Phi) is 1.01. The maximum absolute atomic E-state index is 4.21. The predicted octanol–water partition coefficient (Wildman–Crippen LogP) is -1.28. The third-order valence-corrected chi connectivity index (χ3v) is 0.324. The van der Waals surface area contributed by atoms with Gasteiger partial charge in [0.15, 0.2) is 0 Å². The topological polar surface area (TPSA) is 18.5 Å². The third-order valence-electron chi connectivity index (χ3n) is 0.324. The Morgan fingerprint density at radius 2 is 1.60 bits per heavy atom. The van der Waals surface area contributed by atoms with Crippen molar-refractivity contribution in [2.45, 2.75) is 0 Å². The summed E-state index contributed by atoms with van der Waals surface area (Å²) >= 11 is 0. The number of rotatable bonds is 0. The van der Waals surface area contributed by atoms with Crippen molar-refractivity contribution in [2.75, 3.05) is 0 Å². The molecular weight excluding hydrogens is 64.4 g/mol. The van der Waals surface area contributed by atoms with Crippen LogP contribution < -0.4 is 0 Å². The highest BCUT2D eigenvalue weighted by Crippen LogP contribution is 1.76. The number of hydrogen-bond acceptors (Lipinski definition) is 2. The monoisotopic (exact) mass is 65.0 g/mol. The van der Waals surface area contributed by atoms with E-state index in [2.05, 4.69) is 9.61 Å². The van der Waals surface area contributed by atoms with E-state index in [0.717, 1.165) is 0 Å². The van der Waals surface area contributed by atoms with Crippen LogP contribution in [0, 0.1) is 0 Å². The molecule has 0 N–H and O–H groups in total. The molecule has 0 unspecified atom stereocenters. The van der Waals surface area contributed by atoms with Crippen LogP contribution in [0.5, 0.6) is 0 Å². The Labute approximate surface area is 32.5 Å². The van der Waals surface area contributed by atoms with Crippen LogP contribution in [0.3, 0.4) is 0 Å². The van der Waals surface area contributed by atoms with E-state index in [0.29, 0.717) is 0 Å². The van der Waals surface area contributed by atoms with E-state index in [1.165, 1.54) is 14.7 Å². The lowest BCUT2D eigenvalue weighted by molar-refractivity contribution is -0.0859. The van der Waals surface area contributed by atoms with Crippen LogP contribution in [0.4, 0.5) is 0 Å². The summed E-state index contributed by atoms with van der Waals surface area (Å²) in [7, 11) is 4.58. The molecule has 5 heteroatoms. The second-order valence-electron chi connectivity index (χ2n) is 0.657. The van der Waals surface area contributed by atoms with Crippen LogP contribution in [0.25, 0.3) is 0 Å². The quantitative estimate of drug-likeness (QED) is 0.258. The first-order valence-corrected chi connectivity index (χ1v) is 1.30. The molecule has 0 amide bonds. The lowest BCUT2D eigenvalue weighted by Gasteiger charge is -1.82. The van der Waals surface area contributed by atoms with Gasteiger partial charge in [0, 0.05) is 0 Å². The zero-order valence-electron chi connectivity index (χ0n) is 2.55. The van der Waals surface area contributed by atoms with Gasteiger partial charge in [0.2, 0.25) is 0 Å². The summed E-state index contributed by atoms with van der Waals surface area (Å²) in [6.07, 6.45) is 0. The average Bonchev–Trinajstić information content (AvgIpc) is 1.76. The standard InChI is InChI=1S/B3O2/c1-2-4-5-3-1. The molecule has 0 atom stereocenters. The minimum Gasteiger partial charge on any atom is -0.340 e.